The van der Waals surface area contributed by atoms with Crippen molar-refractivity contribution in [3.63, 3.8) is 0 Å². The number of nitrogens with zero attached hydrogens (tertiary/aromatic N) is 3. The third-order valence-electron chi connectivity index (χ3n) is 5.46. The molecule has 0 saturated heterocycles. The van der Waals surface area contributed by atoms with Gasteiger partial charge in [0.25, 0.3) is 0 Å². The van der Waals surface area contributed by atoms with Crippen LogP contribution in [-0.4, -0.2) is 20.9 Å². The molecular weight excluding hydrogens is 346 g/mol. The zero-order valence-corrected chi connectivity index (χ0v) is 16.2. The summed E-state index contributed by atoms with van der Waals surface area (Å²) in [6.45, 7) is 4.98. The topological polar surface area (TPSA) is 46.8 Å². The summed E-state index contributed by atoms with van der Waals surface area (Å²) in [5, 5.41) is 12.6. The van der Waals surface area contributed by atoms with Crippen LogP contribution in [-0.2, 0) is 14.1 Å². The monoisotopic (exact) mass is 369 g/mol. The van der Waals surface area contributed by atoms with Gasteiger partial charge in [0.05, 0.1) is 23.3 Å². The van der Waals surface area contributed by atoms with Gasteiger partial charge in [0.15, 0.2) is 0 Å². The first-order chi connectivity index (χ1) is 13.6. The first-order valence-electron chi connectivity index (χ1n) is 9.51. The highest BCUT2D eigenvalue weighted by atomic mass is 15.2. The van der Waals surface area contributed by atoms with Crippen LogP contribution in [0.4, 0.5) is 11.4 Å². The number of aromatic nitrogens is 3. The van der Waals surface area contributed by atoms with Gasteiger partial charge in [-0.2, -0.15) is 5.10 Å². The molecule has 0 radical (unpaired) electrons. The van der Waals surface area contributed by atoms with Crippen LogP contribution in [0, 0.1) is 0 Å². The average Bonchev–Trinajstić information content (AvgIpc) is 3.19. The van der Waals surface area contributed by atoms with Crippen LogP contribution < -0.4 is 10.6 Å². The minimum absolute atomic E-state index is 0.880. The molecule has 0 saturated carbocycles. The van der Waals surface area contributed by atoms with Crippen molar-refractivity contribution in [3.05, 3.63) is 67.1 Å². The minimum Gasteiger partial charge on any atom is -0.382 e. The largest absolute Gasteiger partial charge is 0.382 e. The quantitative estimate of drug-likeness (QED) is 0.523. The number of benzene rings is 2. The first-order valence-corrected chi connectivity index (χ1v) is 9.51. The Kier molecular flexibility index (Phi) is 3.76. The van der Waals surface area contributed by atoms with E-state index in [-0.39, 0.29) is 0 Å². The zero-order chi connectivity index (χ0) is 19.3. The fourth-order valence-corrected chi connectivity index (χ4v) is 3.99. The van der Waals surface area contributed by atoms with Gasteiger partial charge < -0.3 is 15.2 Å². The molecule has 5 nitrogen and oxygen atoms in total. The summed E-state index contributed by atoms with van der Waals surface area (Å²) in [5.41, 5.74) is 9.17. The van der Waals surface area contributed by atoms with Crippen LogP contribution in [0.2, 0.25) is 0 Å². The van der Waals surface area contributed by atoms with E-state index < -0.39 is 0 Å². The smallest absolute Gasteiger partial charge is 0.0674 e. The molecule has 0 spiro atoms. The highest BCUT2D eigenvalue weighted by Crippen LogP contribution is 2.39. The molecule has 0 fully saturated rings. The summed E-state index contributed by atoms with van der Waals surface area (Å²) in [5.74, 6) is 0. The van der Waals surface area contributed by atoms with E-state index >= 15 is 0 Å². The molecule has 1 aliphatic heterocycles. The molecule has 2 aromatic carbocycles. The van der Waals surface area contributed by atoms with E-state index in [4.69, 9.17) is 0 Å². The number of fused-ring (bicyclic) bond motifs is 2. The number of hydrogen-bond acceptors (Lipinski definition) is 3. The summed E-state index contributed by atoms with van der Waals surface area (Å²) < 4.78 is 4.11. The van der Waals surface area contributed by atoms with Gasteiger partial charge in [-0.15, -0.1) is 0 Å². The Morgan fingerprint density at radius 1 is 1.07 bits per heavy atom. The molecule has 3 heterocycles. The SMILES string of the molecule is C=C1CCNc2c(cccc2-c2cc3ccc(-c4cnn(C)c4)cc3n2C)N1. The first kappa shape index (κ1) is 16.7. The van der Waals surface area contributed by atoms with Gasteiger partial charge >= 0.3 is 0 Å². The van der Waals surface area contributed by atoms with Crippen molar-refractivity contribution in [2.24, 2.45) is 14.1 Å². The van der Waals surface area contributed by atoms with Gasteiger partial charge in [-0.3, -0.25) is 4.68 Å². The Hall–Kier alpha value is -3.47. The lowest BCUT2D eigenvalue weighted by Gasteiger charge is -2.15. The van der Waals surface area contributed by atoms with Crippen LogP contribution >= 0.6 is 0 Å². The predicted molar refractivity (Wildman–Crippen MR) is 116 cm³/mol. The van der Waals surface area contributed by atoms with Crippen molar-refractivity contribution in [1.82, 2.24) is 14.3 Å². The molecule has 4 aromatic rings. The molecule has 140 valence electrons. The second-order valence-electron chi connectivity index (χ2n) is 7.40. The Morgan fingerprint density at radius 3 is 2.79 bits per heavy atom. The van der Waals surface area contributed by atoms with Crippen LogP contribution in [0.15, 0.2) is 67.1 Å². The molecule has 0 atom stereocenters. The fraction of sp³-hybridized carbons (Fsp3) is 0.174. The van der Waals surface area contributed by atoms with Crippen LogP contribution in [0.5, 0.6) is 0 Å². The zero-order valence-electron chi connectivity index (χ0n) is 16.2. The van der Waals surface area contributed by atoms with Crippen molar-refractivity contribution in [2.45, 2.75) is 6.42 Å². The number of para-hydroxylation sites is 1. The predicted octanol–water partition coefficient (Wildman–Crippen LogP) is 4.99. The van der Waals surface area contributed by atoms with E-state index in [2.05, 4.69) is 76.4 Å². The van der Waals surface area contributed by atoms with E-state index in [1.807, 2.05) is 24.1 Å². The van der Waals surface area contributed by atoms with Crippen molar-refractivity contribution in [1.29, 1.82) is 0 Å². The normalized spacial score (nSPS) is 13.7. The van der Waals surface area contributed by atoms with Gasteiger partial charge in [-0.25, -0.2) is 0 Å². The van der Waals surface area contributed by atoms with E-state index in [1.54, 1.807) is 0 Å². The summed E-state index contributed by atoms with van der Waals surface area (Å²) in [6.07, 6.45) is 4.87. The molecule has 0 unspecified atom stereocenters. The average molecular weight is 369 g/mol. The Balaban J connectivity index is 1.66. The molecule has 0 aliphatic carbocycles. The van der Waals surface area contributed by atoms with E-state index in [1.165, 1.54) is 27.7 Å². The number of aryl methyl sites for hydroxylation is 2. The lowest BCUT2D eigenvalue weighted by molar-refractivity contribution is 0.768. The maximum absolute atomic E-state index is 4.30. The molecule has 0 amide bonds. The van der Waals surface area contributed by atoms with Gasteiger partial charge in [0, 0.05) is 61.0 Å². The van der Waals surface area contributed by atoms with Gasteiger partial charge in [0.1, 0.15) is 0 Å². The highest BCUT2D eigenvalue weighted by Gasteiger charge is 2.17. The molecule has 0 bridgehead atoms. The number of hydrogen-bond donors (Lipinski definition) is 2. The van der Waals surface area contributed by atoms with Crippen molar-refractivity contribution >= 4 is 22.3 Å². The lowest BCUT2D eigenvalue weighted by Crippen LogP contribution is -2.02. The second-order valence-corrected chi connectivity index (χ2v) is 7.40. The van der Waals surface area contributed by atoms with Gasteiger partial charge in [-0.05, 0) is 23.8 Å². The summed E-state index contributed by atoms with van der Waals surface area (Å²) >= 11 is 0. The molecule has 2 N–H and O–H groups in total. The highest BCUT2D eigenvalue weighted by molar-refractivity contribution is 5.95. The molecule has 1 aliphatic rings. The van der Waals surface area contributed by atoms with Crippen LogP contribution in [0.1, 0.15) is 6.42 Å². The second kappa shape index (κ2) is 6.30. The maximum atomic E-state index is 4.30. The number of rotatable bonds is 2. The van der Waals surface area contributed by atoms with Gasteiger partial charge in [-0.1, -0.05) is 30.8 Å². The van der Waals surface area contributed by atoms with E-state index in [0.29, 0.717) is 0 Å². The van der Waals surface area contributed by atoms with Crippen LogP contribution in [0.3, 0.4) is 0 Å². The van der Waals surface area contributed by atoms with E-state index in [9.17, 15) is 0 Å². The number of nitrogens with one attached hydrogen (secondary N) is 2. The third-order valence-corrected chi connectivity index (χ3v) is 5.46. The molecule has 2 aromatic heterocycles. The lowest BCUT2D eigenvalue weighted by atomic mass is 10.1. The third kappa shape index (κ3) is 2.67. The summed E-state index contributed by atoms with van der Waals surface area (Å²) in [4.78, 5) is 0. The maximum Gasteiger partial charge on any atom is 0.0674 e. The van der Waals surface area contributed by atoms with Crippen molar-refractivity contribution < 1.29 is 0 Å². The summed E-state index contributed by atoms with van der Waals surface area (Å²) in [6, 6.07) is 15.2. The molecular formula is C23H23N5. The van der Waals surface area contributed by atoms with E-state index in [0.717, 1.165) is 35.6 Å². The Bertz CT molecular complexity index is 1210. The molecule has 5 heteroatoms. The standard InChI is InChI=1S/C23H23N5/c1-15-9-10-24-23-19(5-4-6-20(23)26-15)22-12-17-8-7-16(11-21(17)28(22)3)18-13-25-27(2)14-18/h4-8,11-14,24,26H,1,9-10H2,2-3H3. The van der Waals surface area contributed by atoms with Gasteiger partial charge in [0.2, 0.25) is 0 Å². The van der Waals surface area contributed by atoms with Crippen LogP contribution in [0.25, 0.3) is 33.3 Å². The Labute approximate surface area is 164 Å². The molecule has 5 rings (SSSR count). The number of anilines is 2. The fourth-order valence-electron chi connectivity index (χ4n) is 3.99. The summed E-state index contributed by atoms with van der Waals surface area (Å²) in [7, 11) is 4.08. The Morgan fingerprint density at radius 2 is 1.96 bits per heavy atom. The van der Waals surface area contributed by atoms with Crippen molar-refractivity contribution in [2.75, 3.05) is 17.2 Å². The van der Waals surface area contributed by atoms with Crippen molar-refractivity contribution in [3.8, 4) is 22.4 Å². The molecule has 28 heavy (non-hydrogen) atoms. The minimum atomic E-state index is 0.880.